The van der Waals surface area contributed by atoms with E-state index in [1.807, 2.05) is 30.3 Å². The van der Waals surface area contributed by atoms with Crippen LogP contribution in [-0.2, 0) is 27.9 Å². The number of benzene rings is 2. The zero-order chi connectivity index (χ0) is 22.2. The Bertz CT molecular complexity index is 936. The smallest absolute Gasteiger partial charge is 0.416 e. The summed E-state index contributed by atoms with van der Waals surface area (Å²) < 4.78 is 64.2. The lowest BCUT2D eigenvalue weighted by molar-refractivity contribution is -0.141. The largest absolute Gasteiger partial charge is 0.445 e. The van der Waals surface area contributed by atoms with Gasteiger partial charge in [0.05, 0.1) is 36.5 Å². The summed E-state index contributed by atoms with van der Waals surface area (Å²) in [4.78, 5) is 14.2. The minimum atomic E-state index is -4.74. The van der Waals surface area contributed by atoms with Crippen molar-refractivity contribution >= 4 is 6.09 Å². The van der Waals surface area contributed by atoms with Crippen molar-refractivity contribution in [2.45, 2.75) is 43.3 Å². The van der Waals surface area contributed by atoms with Crippen molar-refractivity contribution in [3.8, 4) is 0 Å². The van der Waals surface area contributed by atoms with E-state index in [0.29, 0.717) is 6.07 Å². The fourth-order valence-corrected chi connectivity index (χ4v) is 4.33. The van der Waals surface area contributed by atoms with Crippen LogP contribution in [0.25, 0.3) is 0 Å². The highest BCUT2D eigenvalue weighted by molar-refractivity contribution is 5.69. The van der Waals surface area contributed by atoms with Crippen LogP contribution >= 0.6 is 0 Å². The SMILES string of the molecule is O=C(OCc1ccccc1)N1C2COCC1CC(O)(c1cc(F)cc(C(F)(F)F)c1)C2. The zero-order valence-electron chi connectivity index (χ0n) is 16.4. The third-order valence-electron chi connectivity index (χ3n) is 5.73. The van der Waals surface area contributed by atoms with Gasteiger partial charge in [0.1, 0.15) is 12.4 Å². The van der Waals surface area contributed by atoms with Gasteiger partial charge in [0.25, 0.3) is 0 Å². The molecule has 2 atom stereocenters. The second kappa shape index (κ2) is 8.12. The average molecular weight is 439 g/mol. The first-order valence-corrected chi connectivity index (χ1v) is 9.83. The van der Waals surface area contributed by atoms with E-state index in [-0.39, 0.29) is 38.2 Å². The quantitative estimate of drug-likeness (QED) is 0.728. The second-order valence-corrected chi connectivity index (χ2v) is 7.96. The molecule has 9 heteroatoms. The molecule has 2 saturated heterocycles. The van der Waals surface area contributed by atoms with Crippen LogP contribution in [0, 0.1) is 5.82 Å². The summed E-state index contributed by atoms with van der Waals surface area (Å²) in [6.45, 7) is 0.265. The van der Waals surface area contributed by atoms with E-state index in [4.69, 9.17) is 9.47 Å². The molecule has 2 unspecified atom stereocenters. The molecule has 2 aromatic rings. The van der Waals surface area contributed by atoms with Gasteiger partial charge in [-0.2, -0.15) is 13.2 Å². The van der Waals surface area contributed by atoms with Gasteiger partial charge in [0.15, 0.2) is 0 Å². The van der Waals surface area contributed by atoms with Gasteiger partial charge in [-0.25, -0.2) is 9.18 Å². The van der Waals surface area contributed by atoms with E-state index >= 15 is 0 Å². The van der Waals surface area contributed by atoms with Crippen LogP contribution in [0.1, 0.15) is 29.5 Å². The number of carbonyl (C=O) groups is 1. The van der Waals surface area contributed by atoms with Crippen LogP contribution in [0.3, 0.4) is 0 Å². The van der Waals surface area contributed by atoms with Crippen molar-refractivity contribution in [3.63, 3.8) is 0 Å². The van der Waals surface area contributed by atoms with Crippen molar-refractivity contribution in [2.24, 2.45) is 0 Å². The molecule has 4 rings (SSSR count). The Morgan fingerprint density at radius 3 is 2.39 bits per heavy atom. The number of fused-ring (bicyclic) bond motifs is 2. The Morgan fingerprint density at radius 2 is 1.77 bits per heavy atom. The van der Waals surface area contributed by atoms with Crippen LogP contribution in [0.2, 0.25) is 0 Å². The molecule has 2 heterocycles. The highest BCUT2D eigenvalue weighted by atomic mass is 19.4. The van der Waals surface area contributed by atoms with Gasteiger partial charge in [-0.15, -0.1) is 0 Å². The lowest BCUT2D eigenvalue weighted by Crippen LogP contribution is -2.62. The molecule has 0 aliphatic carbocycles. The standard InChI is InChI=1S/C22H21F4NO4/c23-17-7-15(6-16(8-17)22(24,25)26)21(29)9-18-12-30-13-19(10-21)27(18)20(28)31-11-14-4-2-1-3-5-14/h1-8,18-19,29H,9-13H2. The maximum absolute atomic E-state index is 13.9. The summed E-state index contributed by atoms with van der Waals surface area (Å²) >= 11 is 0. The first-order valence-electron chi connectivity index (χ1n) is 9.83. The number of amides is 1. The van der Waals surface area contributed by atoms with Crippen LogP contribution in [0.15, 0.2) is 48.5 Å². The topological polar surface area (TPSA) is 59.0 Å². The van der Waals surface area contributed by atoms with E-state index in [0.717, 1.165) is 17.7 Å². The van der Waals surface area contributed by atoms with Crippen LogP contribution in [0.5, 0.6) is 0 Å². The van der Waals surface area contributed by atoms with Crippen molar-refractivity contribution in [1.82, 2.24) is 4.90 Å². The molecule has 166 valence electrons. The summed E-state index contributed by atoms with van der Waals surface area (Å²) in [5.41, 5.74) is -2.24. The van der Waals surface area contributed by atoms with Crippen LogP contribution in [-0.4, -0.2) is 41.4 Å². The van der Waals surface area contributed by atoms with Crippen molar-refractivity contribution in [3.05, 3.63) is 71.0 Å². The molecule has 0 radical (unpaired) electrons. The summed E-state index contributed by atoms with van der Waals surface area (Å²) in [5.74, 6) is -1.08. The van der Waals surface area contributed by atoms with Gasteiger partial charge in [-0.1, -0.05) is 30.3 Å². The third-order valence-corrected chi connectivity index (χ3v) is 5.73. The monoisotopic (exact) mass is 439 g/mol. The average Bonchev–Trinajstić information content (AvgIpc) is 2.71. The fraction of sp³-hybridized carbons (Fsp3) is 0.409. The molecule has 31 heavy (non-hydrogen) atoms. The van der Waals surface area contributed by atoms with E-state index in [2.05, 4.69) is 0 Å². The number of morpholine rings is 1. The lowest BCUT2D eigenvalue weighted by Gasteiger charge is -2.51. The molecular weight excluding hydrogens is 418 g/mol. The zero-order valence-corrected chi connectivity index (χ0v) is 16.4. The molecule has 1 amide bonds. The molecule has 2 aliphatic heterocycles. The molecule has 2 aromatic carbocycles. The first kappa shape index (κ1) is 21.6. The first-order chi connectivity index (χ1) is 14.7. The normalized spacial score (nSPS) is 25.9. The van der Waals surface area contributed by atoms with Crippen molar-refractivity contribution in [2.75, 3.05) is 13.2 Å². The summed E-state index contributed by atoms with van der Waals surface area (Å²) in [7, 11) is 0. The molecule has 0 aromatic heterocycles. The second-order valence-electron chi connectivity index (χ2n) is 7.96. The van der Waals surface area contributed by atoms with E-state index in [1.165, 1.54) is 4.90 Å². The number of alkyl halides is 3. The van der Waals surface area contributed by atoms with Crippen molar-refractivity contribution < 1.29 is 36.9 Å². The van der Waals surface area contributed by atoms with Gasteiger partial charge in [0.2, 0.25) is 0 Å². The summed E-state index contributed by atoms with van der Waals surface area (Å²) in [6.07, 6.45) is -5.51. The number of hydrogen-bond donors (Lipinski definition) is 1. The number of aliphatic hydroxyl groups is 1. The third kappa shape index (κ3) is 4.52. The maximum Gasteiger partial charge on any atom is 0.416 e. The Hall–Kier alpha value is -2.65. The molecule has 2 bridgehead atoms. The predicted molar refractivity (Wildman–Crippen MR) is 101 cm³/mol. The number of ether oxygens (including phenoxy) is 2. The van der Waals surface area contributed by atoms with Gasteiger partial charge in [-0.05, 0) is 29.3 Å². The molecular formula is C22H21F4NO4. The van der Waals surface area contributed by atoms with Gasteiger partial charge in [-0.3, -0.25) is 4.90 Å². The molecule has 0 saturated carbocycles. The van der Waals surface area contributed by atoms with Crippen molar-refractivity contribution in [1.29, 1.82) is 0 Å². The minimum Gasteiger partial charge on any atom is -0.445 e. The highest BCUT2D eigenvalue weighted by Gasteiger charge is 2.50. The number of nitrogens with zero attached hydrogens (tertiary/aromatic N) is 1. The Balaban J connectivity index is 1.54. The van der Waals surface area contributed by atoms with E-state index < -0.39 is 41.3 Å². The Labute approximate surface area is 176 Å². The molecule has 1 N–H and O–H groups in total. The number of carbonyl (C=O) groups excluding carboxylic acids is 1. The highest BCUT2D eigenvalue weighted by Crippen LogP contribution is 2.43. The minimum absolute atomic E-state index is 0.0690. The molecule has 2 aliphatic rings. The van der Waals surface area contributed by atoms with E-state index in [9.17, 15) is 27.5 Å². The number of piperidine rings is 1. The Morgan fingerprint density at radius 1 is 1.13 bits per heavy atom. The van der Waals surface area contributed by atoms with Gasteiger partial charge >= 0.3 is 12.3 Å². The lowest BCUT2D eigenvalue weighted by atomic mass is 9.76. The van der Waals surface area contributed by atoms with Crippen LogP contribution < -0.4 is 0 Å². The summed E-state index contributed by atoms with van der Waals surface area (Å²) in [5, 5.41) is 11.2. The number of hydrogen-bond acceptors (Lipinski definition) is 4. The number of halogens is 4. The maximum atomic E-state index is 13.9. The fourth-order valence-electron chi connectivity index (χ4n) is 4.33. The van der Waals surface area contributed by atoms with Gasteiger partial charge < -0.3 is 14.6 Å². The predicted octanol–water partition coefficient (Wildman–Crippen LogP) is 4.23. The van der Waals surface area contributed by atoms with E-state index in [1.54, 1.807) is 0 Å². The molecule has 2 fully saturated rings. The summed E-state index contributed by atoms with van der Waals surface area (Å²) in [6, 6.07) is 9.96. The number of rotatable bonds is 3. The van der Waals surface area contributed by atoms with Gasteiger partial charge in [0, 0.05) is 12.8 Å². The molecule has 5 nitrogen and oxygen atoms in total. The Kier molecular flexibility index (Phi) is 5.65. The molecule has 0 spiro atoms. The van der Waals surface area contributed by atoms with Crippen LogP contribution in [0.4, 0.5) is 22.4 Å².